The topological polar surface area (TPSA) is 92.0 Å². The molecule has 3 aromatic rings. The van der Waals surface area contributed by atoms with Crippen LogP contribution in [0.3, 0.4) is 0 Å². The van der Waals surface area contributed by atoms with Crippen LogP contribution in [0.4, 0.5) is 5.82 Å². The average molecular weight is 403 g/mol. The Morgan fingerprint density at radius 2 is 1.90 bits per heavy atom. The van der Waals surface area contributed by atoms with Crippen molar-refractivity contribution < 1.29 is 5.11 Å². The molecule has 30 heavy (non-hydrogen) atoms. The monoisotopic (exact) mass is 403 g/mol. The summed E-state index contributed by atoms with van der Waals surface area (Å²) < 4.78 is 0. The predicted molar refractivity (Wildman–Crippen MR) is 111 cm³/mol. The maximum Gasteiger partial charge on any atom is 0.181 e. The number of piperidine rings is 1. The molecule has 2 aliphatic carbocycles. The summed E-state index contributed by atoms with van der Waals surface area (Å²) in [5.41, 5.74) is 3.26. The number of nitrogens with one attached hydrogen (secondary N) is 1. The largest absolute Gasteiger partial charge is 0.374 e. The Bertz CT molecular complexity index is 1080. The predicted octanol–water partition coefficient (Wildman–Crippen LogP) is 2.24. The van der Waals surface area contributed by atoms with E-state index < -0.39 is 6.23 Å². The Kier molecular flexibility index (Phi) is 3.79. The van der Waals surface area contributed by atoms with Crippen molar-refractivity contribution in [1.29, 1.82) is 0 Å². The number of aromatic nitrogens is 5. The second-order valence-electron chi connectivity index (χ2n) is 9.07. The minimum Gasteiger partial charge on any atom is -0.374 e. The number of hydrogen-bond donors (Lipinski definition) is 2. The maximum absolute atomic E-state index is 11.5. The number of anilines is 1. The zero-order valence-electron chi connectivity index (χ0n) is 17.1. The van der Waals surface area contributed by atoms with E-state index in [2.05, 4.69) is 36.4 Å². The van der Waals surface area contributed by atoms with Gasteiger partial charge in [-0.3, -0.25) is 4.90 Å². The smallest absolute Gasteiger partial charge is 0.181 e. The maximum atomic E-state index is 11.5. The van der Waals surface area contributed by atoms with Gasteiger partial charge in [-0.15, -0.1) is 4.80 Å². The molecule has 2 saturated carbocycles. The number of aryl methyl sites for hydroxylation is 2. The lowest BCUT2D eigenvalue weighted by atomic mass is 9.71. The molecule has 3 aliphatic rings. The Hall–Kier alpha value is -2.84. The first-order valence-corrected chi connectivity index (χ1v) is 10.5. The van der Waals surface area contributed by atoms with Crippen LogP contribution >= 0.6 is 0 Å². The standard InChI is InChI=1S/C22H25N7O/c1-13-3-4-18(23-10-13)27-17-9-22-8-15(22)12-28(19(17)22)21(30)16-7-14(2)11-24-20(16)29-25-5-6-26-29/h3-7,10-11,15,17,19,21,30H,8-9,12H2,1-2H3,(H,23,27). The van der Waals surface area contributed by atoms with Crippen LogP contribution in [0.1, 0.15) is 35.8 Å². The fourth-order valence-electron chi connectivity index (χ4n) is 5.64. The summed E-state index contributed by atoms with van der Waals surface area (Å²) in [5, 5.41) is 23.5. The molecule has 8 nitrogen and oxygen atoms in total. The number of hydrogen-bond acceptors (Lipinski definition) is 7. The molecule has 8 heteroatoms. The third-order valence-corrected chi connectivity index (χ3v) is 7.11. The van der Waals surface area contributed by atoms with Crippen molar-refractivity contribution in [2.24, 2.45) is 11.3 Å². The summed E-state index contributed by atoms with van der Waals surface area (Å²) in [7, 11) is 0. The number of nitrogens with zero attached hydrogens (tertiary/aromatic N) is 6. The third kappa shape index (κ3) is 2.60. The van der Waals surface area contributed by atoms with Gasteiger partial charge in [-0.05, 0) is 61.3 Å². The van der Waals surface area contributed by atoms with Gasteiger partial charge in [0.1, 0.15) is 12.0 Å². The zero-order chi connectivity index (χ0) is 20.5. The van der Waals surface area contributed by atoms with E-state index in [1.165, 1.54) is 11.2 Å². The first-order chi connectivity index (χ1) is 14.5. The van der Waals surface area contributed by atoms with Crippen LogP contribution in [0.15, 0.2) is 43.0 Å². The van der Waals surface area contributed by atoms with E-state index in [9.17, 15) is 5.11 Å². The summed E-state index contributed by atoms with van der Waals surface area (Å²) in [6.45, 7) is 4.94. The molecule has 0 aromatic carbocycles. The second-order valence-corrected chi connectivity index (χ2v) is 9.07. The fourth-order valence-corrected chi connectivity index (χ4v) is 5.64. The van der Waals surface area contributed by atoms with Crippen molar-refractivity contribution >= 4 is 5.82 Å². The van der Waals surface area contributed by atoms with Crippen LogP contribution in [0.5, 0.6) is 0 Å². The Balaban J connectivity index is 1.30. The molecule has 0 radical (unpaired) electrons. The molecule has 0 amide bonds. The highest BCUT2D eigenvalue weighted by molar-refractivity contribution is 5.43. The van der Waals surface area contributed by atoms with Gasteiger partial charge in [0.15, 0.2) is 5.82 Å². The highest BCUT2D eigenvalue weighted by Gasteiger charge is 2.74. The first kappa shape index (κ1) is 18.0. The molecule has 3 fully saturated rings. The first-order valence-electron chi connectivity index (χ1n) is 10.5. The number of aliphatic hydroxyl groups excluding tert-OH is 1. The molecular weight excluding hydrogens is 378 g/mol. The van der Waals surface area contributed by atoms with Crippen molar-refractivity contribution in [2.45, 2.75) is 45.0 Å². The summed E-state index contributed by atoms with van der Waals surface area (Å²) in [5.74, 6) is 2.15. The molecule has 4 heterocycles. The molecule has 2 N–H and O–H groups in total. The molecule has 1 aliphatic heterocycles. The molecule has 3 aromatic heterocycles. The van der Waals surface area contributed by atoms with Gasteiger partial charge in [0, 0.05) is 36.6 Å². The molecule has 0 bridgehead atoms. The lowest BCUT2D eigenvalue weighted by Crippen LogP contribution is -2.59. The SMILES string of the molecule is Cc1ccc(NC2CC34CC3CN(C(O)c3cc(C)cnc3-n3nccn3)C24)nc1. The van der Waals surface area contributed by atoms with Crippen LogP contribution < -0.4 is 5.32 Å². The molecule has 5 atom stereocenters. The van der Waals surface area contributed by atoms with E-state index in [0.29, 0.717) is 23.2 Å². The molecule has 5 unspecified atom stereocenters. The van der Waals surface area contributed by atoms with Gasteiger partial charge >= 0.3 is 0 Å². The van der Waals surface area contributed by atoms with Crippen LogP contribution in [0, 0.1) is 25.2 Å². The number of pyridine rings is 2. The summed E-state index contributed by atoms with van der Waals surface area (Å²) >= 11 is 0. The molecule has 1 spiro atoms. The highest BCUT2D eigenvalue weighted by atomic mass is 16.3. The minimum atomic E-state index is -0.747. The van der Waals surface area contributed by atoms with E-state index >= 15 is 0 Å². The molecule has 1 saturated heterocycles. The molecule has 154 valence electrons. The number of aliphatic hydroxyl groups is 1. The molecule has 6 rings (SSSR count). The van der Waals surface area contributed by atoms with E-state index in [1.54, 1.807) is 18.6 Å². The van der Waals surface area contributed by atoms with Gasteiger partial charge < -0.3 is 10.4 Å². The van der Waals surface area contributed by atoms with Crippen LogP contribution in [-0.4, -0.2) is 53.6 Å². The Morgan fingerprint density at radius 1 is 1.10 bits per heavy atom. The zero-order valence-corrected chi connectivity index (χ0v) is 17.1. The van der Waals surface area contributed by atoms with Gasteiger partial charge in [0.05, 0.1) is 12.4 Å². The van der Waals surface area contributed by atoms with Gasteiger partial charge in [-0.25, -0.2) is 9.97 Å². The van der Waals surface area contributed by atoms with Crippen molar-refractivity contribution in [2.75, 3.05) is 11.9 Å². The van der Waals surface area contributed by atoms with Crippen molar-refractivity contribution in [1.82, 2.24) is 29.9 Å². The Morgan fingerprint density at radius 3 is 2.67 bits per heavy atom. The fraction of sp³-hybridized carbons (Fsp3) is 0.455. The van der Waals surface area contributed by atoms with Gasteiger partial charge in [-0.1, -0.05) is 6.07 Å². The molecular formula is C22H25N7O. The van der Waals surface area contributed by atoms with Crippen LogP contribution in [0.25, 0.3) is 5.82 Å². The Labute approximate surface area is 175 Å². The summed E-state index contributed by atoms with van der Waals surface area (Å²) in [6, 6.07) is 6.68. The lowest BCUT2D eigenvalue weighted by molar-refractivity contribution is -0.0573. The van der Waals surface area contributed by atoms with Crippen molar-refractivity contribution in [3.63, 3.8) is 0 Å². The van der Waals surface area contributed by atoms with E-state index in [-0.39, 0.29) is 6.04 Å². The van der Waals surface area contributed by atoms with Crippen molar-refractivity contribution in [3.05, 3.63) is 59.7 Å². The number of likely N-dealkylation sites (tertiary alicyclic amines) is 1. The quantitative estimate of drug-likeness (QED) is 0.675. The van der Waals surface area contributed by atoms with Crippen LogP contribution in [0.2, 0.25) is 0 Å². The van der Waals surface area contributed by atoms with E-state index in [0.717, 1.165) is 35.5 Å². The summed E-state index contributed by atoms with van der Waals surface area (Å²) in [6.07, 6.45) is 8.58. The normalized spacial score (nSPS) is 30.3. The van der Waals surface area contributed by atoms with Gasteiger partial charge in [0.2, 0.25) is 0 Å². The average Bonchev–Trinajstić information content (AvgIpc) is 3.10. The number of rotatable bonds is 5. The van der Waals surface area contributed by atoms with Gasteiger partial charge in [0.25, 0.3) is 0 Å². The minimum absolute atomic E-state index is 0.284. The van der Waals surface area contributed by atoms with E-state index in [1.807, 2.05) is 32.2 Å². The third-order valence-electron chi connectivity index (χ3n) is 7.11. The van der Waals surface area contributed by atoms with E-state index in [4.69, 9.17) is 0 Å². The second kappa shape index (κ2) is 6.33. The lowest BCUT2D eigenvalue weighted by Gasteiger charge is -2.49. The highest BCUT2D eigenvalue weighted by Crippen LogP contribution is 2.72. The summed E-state index contributed by atoms with van der Waals surface area (Å²) in [4.78, 5) is 12.8. The van der Waals surface area contributed by atoms with Gasteiger partial charge in [-0.2, -0.15) is 10.2 Å². The van der Waals surface area contributed by atoms with Crippen LogP contribution in [-0.2, 0) is 0 Å². The van der Waals surface area contributed by atoms with Crippen molar-refractivity contribution in [3.8, 4) is 5.82 Å².